The van der Waals surface area contributed by atoms with Gasteiger partial charge in [0.25, 0.3) is 0 Å². The zero-order valence-electron chi connectivity index (χ0n) is 38.3. The molecule has 5 heterocycles. The number of likely N-dealkylation sites (N-methyl/N-ethyl adjacent to an activating group) is 1. The Hall–Kier alpha value is -2.88. The average molecular weight is 862 g/mol. The zero-order chi connectivity index (χ0) is 43.6. The lowest BCUT2D eigenvalue weighted by Gasteiger charge is -2.44. The monoisotopic (exact) mass is 862 g/mol. The van der Waals surface area contributed by atoms with Gasteiger partial charge in [-0.15, -0.1) is 0 Å². The number of methoxy groups -OCH3 is 3. The number of carbonyl (C=O) groups excluding carboxylic acids is 2. The molecule has 62 heavy (non-hydrogen) atoms. The minimum atomic E-state index is -0.629. The number of anilines is 1. The lowest BCUT2D eigenvalue weighted by Crippen LogP contribution is -2.59. The van der Waals surface area contributed by atoms with Crippen LogP contribution in [0.4, 0.5) is 5.69 Å². The molecule has 1 N–H and O–H groups in total. The Balaban J connectivity index is 1.04. The van der Waals surface area contributed by atoms with Crippen LogP contribution in [0.2, 0.25) is 0 Å². The first-order valence-electron chi connectivity index (χ1n) is 23.6. The average Bonchev–Trinajstić information content (AvgIpc) is 3.52. The van der Waals surface area contributed by atoms with Crippen molar-refractivity contribution in [1.29, 1.82) is 0 Å². The number of ether oxygens (including phenoxy) is 8. The van der Waals surface area contributed by atoms with Crippen LogP contribution in [0.5, 0.6) is 0 Å². The van der Waals surface area contributed by atoms with Crippen molar-refractivity contribution in [2.45, 2.75) is 165 Å². The van der Waals surface area contributed by atoms with Gasteiger partial charge in [0.2, 0.25) is 0 Å². The molecule has 0 bridgehead atoms. The largest absolute Gasteiger partial charge is 0.462 e. The van der Waals surface area contributed by atoms with E-state index in [0.717, 1.165) is 61.7 Å². The lowest BCUT2D eigenvalue weighted by molar-refractivity contribution is -0.314. The number of allylic oxidation sites excluding steroid dienone is 2. The maximum Gasteiger partial charge on any atom is 0.306 e. The van der Waals surface area contributed by atoms with Crippen LogP contribution in [-0.2, 0) is 47.5 Å². The quantitative estimate of drug-likeness (QED) is 0.202. The Morgan fingerprint density at radius 1 is 0.855 bits per heavy atom. The van der Waals surface area contributed by atoms with E-state index in [-0.39, 0.29) is 103 Å². The van der Waals surface area contributed by atoms with Crippen LogP contribution >= 0.6 is 0 Å². The van der Waals surface area contributed by atoms with Crippen molar-refractivity contribution in [3.63, 3.8) is 0 Å². The topological polar surface area (TPSA) is 130 Å². The number of hydrogen-bond acceptors (Lipinski definition) is 12. The molecule has 342 valence electrons. The molecule has 7 aliphatic rings. The smallest absolute Gasteiger partial charge is 0.306 e. The van der Waals surface area contributed by atoms with Crippen molar-refractivity contribution in [2.24, 2.45) is 35.5 Å². The SMILES string of the molecule is CC[C@H]1CCC[C@H](O[C@H]2CC[C@H](N(C)C)C(C)O2)[C@@H](C)C(=O)C2=C[C@H]3[C@@H]4C[C@H](O[C@@H]5OC(C)[C@H](OC)[C@@H](OC)C5OC)C[C@H]4[C@@H]4[C@H]([C@H]3[C@@H]2CC(=O)O1)N4c1ccc2cc[nH]c2c1. The van der Waals surface area contributed by atoms with E-state index in [9.17, 15) is 4.79 Å². The van der Waals surface area contributed by atoms with Crippen LogP contribution in [0.1, 0.15) is 85.5 Å². The number of esters is 1. The summed E-state index contributed by atoms with van der Waals surface area (Å²) in [6, 6.07) is 9.49. The first-order valence-corrected chi connectivity index (χ1v) is 23.6. The second-order valence-electron chi connectivity index (χ2n) is 19.8. The zero-order valence-corrected chi connectivity index (χ0v) is 38.3. The predicted molar refractivity (Wildman–Crippen MR) is 233 cm³/mol. The summed E-state index contributed by atoms with van der Waals surface area (Å²) in [5, 5.41) is 1.17. The number of ketones is 1. The molecule has 19 atom stereocenters. The molecule has 13 nitrogen and oxygen atoms in total. The molecule has 4 aliphatic heterocycles. The first kappa shape index (κ1) is 44.3. The standard InChI is InChI=1S/C49H71N3O10/c1-10-30-12-11-13-39(62-41-17-16-38(51(5)6)26(3)58-41)25(2)45(54)36-23-33-32-21-31(61-49-48(57-9)47(56-8)46(55-7)27(4)59-49)22-35(32)43-44(42(33)34(36)24-40(53)60-30)52(43)29-15-14-28-18-19-50-37(28)20-29/h14-15,18-20,23,25-27,30-35,38-39,41-44,46-50H,10-13,16-17,21-22,24H2,1-9H3/t25-,26?,27?,30+,31+,32+,33+,34-,35-,38+,39+,41+,42-,43-,44+,46+,47-,48?,49+,52?/m1/s1. The molecule has 4 saturated heterocycles. The normalized spacial score (nSPS) is 43.5. The fourth-order valence-corrected chi connectivity index (χ4v) is 13.2. The van der Waals surface area contributed by atoms with Crippen LogP contribution in [0.3, 0.4) is 0 Å². The van der Waals surface area contributed by atoms with E-state index in [2.05, 4.69) is 73.1 Å². The molecular weight excluding hydrogens is 791 g/mol. The van der Waals surface area contributed by atoms with Gasteiger partial charge >= 0.3 is 5.97 Å². The van der Waals surface area contributed by atoms with Crippen molar-refractivity contribution < 1.29 is 47.5 Å². The molecule has 3 unspecified atom stereocenters. The Kier molecular flexibility index (Phi) is 13.0. The number of fused-ring (bicyclic) bond motifs is 9. The van der Waals surface area contributed by atoms with E-state index in [4.69, 9.17) is 37.9 Å². The van der Waals surface area contributed by atoms with Crippen molar-refractivity contribution in [1.82, 2.24) is 9.88 Å². The highest BCUT2D eigenvalue weighted by atomic mass is 16.7. The minimum Gasteiger partial charge on any atom is -0.462 e. The molecule has 3 aliphatic carbocycles. The van der Waals surface area contributed by atoms with Gasteiger partial charge in [-0.2, -0.15) is 0 Å². The Bertz CT molecular complexity index is 1940. The summed E-state index contributed by atoms with van der Waals surface area (Å²) in [5.74, 6) is -0.0831. The molecule has 0 spiro atoms. The van der Waals surface area contributed by atoms with Gasteiger partial charge in [0.15, 0.2) is 18.4 Å². The molecule has 0 radical (unpaired) electrons. The number of Topliss-reactive ketones (excluding diaryl/α,β-unsaturated/α-hetero) is 1. The summed E-state index contributed by atoms with van der Waals surface area (Å²) in [7, 11) is 9.22. The molecule has 9 rings (SSSR count). The van der Waals surface area contributed by atoms with Gasteiger partial charge in [0, 0.05) is 56.6 Å². The van der Waals surface area contributed by atoms with E-state index in [0.29, 0.717) is 18.4 Å². The first-order chi connectivity index (χ1) is 29.9. The highest BCUT2D eigenvalue weighted by molar-refractivity contribution is 5.99. The van der Waals surface area contributed by atoms with Crippen LogP contribution in [0, 0.1) is 35.5 Å². The molecule has 6 fully saturated rings. The summed E-state index contributed by atoms with van der Waals surface area (Å²) in [6.07, 6.45) is 7.93. The maximum absolute atomic E-state index is 15.2. The van der Waals surface area contributed by atoms with Gasteiger partial charge in [-0.25, -0.2) is 0 Å². The highest BCUT2D eigenvalue weighted by Gasteiger charge is 2.69. The van der Waals surface area contributed by atoms with Gasteiger partial charge in [-0.1, -0.05) is 26.0 Å². The van der Waals surface area contributed by atoms with Crippen molar-refractivity contribution in [3.05, 3.63) is 42.1 Å². The lowest BCUT2D eigenvalue weighted by atomic mass is 9.66. The van der Waals surface area contributed by atoms with E-state index in [1.165, 1.54) is 5.39 Å². The Labute approximate surface area is 367 Å². The molecule has 2 aromatic rings. The summed E-state index contributed by atoms with van der Waals surface area (Å²) < 4.78 is 50.8. The number of aromatic nitrogens is 1. The molecular formula is C49H71N3O10. The summed E-state index contributed by atoms with van der Waals surface area (Å²) >= 11 is 0. The molecule has 0 amide bonds. The molecule has 1 aromatic heterocycles. The van der Waals surface area contributed by atoms with E-state index in [1.807, 2.05) is 20.0 Å². The third-order valence-corrected chi connectivity index (χ3v) is 16.2. The van der Waals surface area contributed by atoms with Gasteiger partial charge in [0.05, 0.1) is 42.9 Å². The number of cyclic esters (lactones) is 1. The van der Waals surface area contributed by atoms with Crippen LogP contribution in [0.25, 0.3) is 10.9 Å². The number of nitrogens with zero attached hydrogens (tertiary/aromatic N) is 2. The molecule has 13 heteroatoms. The Morgan fingerprint density at radius 3 is 2.35 bits per heavy atom. The van der Waals surface area contributed by atoms with Gasteiger partial charge in [-0.05, 0) is 132 Å². The summed E-state index contributed by atoms with van der Waals surface area (Å²) in [6.45, 7) is 8.24. The fraction of sp³-hybridized carbons (Fsp3) is 0.755. The molecule has 1 aromatic carbocycles. The van der Waals surface area contributed by atoms with Crippen molar-refractivity contribution in [3.8, 4) is 0 Å². The maximum atomic E-state index is 15.2. The van der Waals surface area contributed by atoms with E-state index in [1.54, 1.807) is 21.3 Å². The van der Waals surface area contributed by atoms with Crippen molar-refractivity contribution >= 4 is 28.3 Å². The van der Waals surface area contributed by atoms with Crippen LogP contribution < -0.4 is 4.90 Å². The third-order valence-electron chi connectivity index (χ3n) is 16.2. The van der Waals surface area contributed by atoms with Gasteiger partial charge in [-0.3, -0.25) is 9.59 Å². The molecule has 2 saturated carbocycles. The number of carbonyl (C=O) groups is 2. The number of nitrogens with one attached hydrogen (secondary N) is 1. The van der Waals surface area contributed by atoms with E-state index >= 15 is 4.79 Å². The highest BCUT2D eigenvalue weighted by Crippen LogP contribution is 2.65. The Morgan fingerprint density at radius 2 is 1.63 bits per heavy atom. The fourth-order valence-electron chi connectivity index (χ4n) is 13.2. The van der Waals surface area contributed by atoms with E-state index < -0.39 is 18.3 Å². The van der Waals surface area contributed by atoms with Gasteiger partial charge < -0.3 is 52.7 Å². The third kappa shape index (κ3) is 8.09. The summed E-state index contributed by atoms with van der Waals surface area (Å²) in [5.41, 5.74) is 3.04. The van der Waals surface area contributed by atoms with Crippen LogP contribution in [0.15, 0.2) is 42.1 Å². The number of rotatable bonds is 10. The predicted octanol–water partition coefficient (Wildman–Crippen LogP) is 6.67. The number of benzene rings is 1. The van der Waals surface area contributed by atoms with Gasteiger partial charge in [0.1, 0.15) is 24.4 Å². The second kappa shape index (κ2) is 18.2. The number of aromatic amines is 1. The van der Waals surface area contributed by atoms with Crippen LogP contribution in [-0.4, -0.2) is 137 Å². The second-order valence-corrected chi connectivity index (χ2v) is 19.8. The number of hydrogen-bond donors (Lipinski definition) is 1. The van der Waals surface area contributed by atoms with Crippen molar-refractivity contribution in [2.75, 3.05) is 40.3 Å². The summed E-state index contributed by atoms with van der Waals surface area (Å²) in [4.78, 5) is 37.6. The minimum absolute atomic E-state index is 0.0198. The number of H-pyrrole nitrogens is 1.